The minimum atomic E-state index is -0.339. The number of allylic oxidation sites excluding steroid dienone is 2. The molecule has 4 heteroatoms. The Morgan fingerprint density at radius 3 is 2.96 bits per heavy atom. The fourth-order valence-electron chi connectivity index (χ4n) is 4.49. The summed E-state index contributed by atoms with van der Waals surface area (Å²) in [7, 11) is 0. The second-order valence-corrected chi connectivity index (χ2v) is 7.17. The number of fused-ring (bicyclic) bond motifs is 3. The van der Waals surface area contributed by atoms with Crippen LogP contribution in [0.1, 0.15) is 33.6 Å². The van der Waals surface area contributed by atoms with Crippen LogP contribution in [0.15, 0.2) is 36.5 Å². The predicted molar refractivity (Wildman–Crippen MR) is 86.3 cm³/mol. The minimum absolute atomic E-state index is 0.00329. The molecule has 2 fully saturated rings. The lowest BCUT2D eigenvalue weighted by Gasteiger charge is -2.51. The summed E-state index contributed by atoms with van der Waals surface area (Å²) in [4.78, 5) is 23.9. The molecule has 0 bridgehead atoms. The molecule has 0 radical (unpaired) electrons. The first-order valence-corrected chi connectivity index (χ1v) is 8.29. The molecule has 0 aromatic rings. The highest BCUT2D eigenvalue weighted by Crippen LogP contribution is 2.56. The number of esters is 2. The van der Waals surface area contributed by atoms with Crippen molar-refractivity contribution in [1.29, 1.82) is 0 Å². The number of ether oxygens (including phenoxy) is 2. The first-order chi connectivity index (χ1) is 10.9. The lowest BCUT2D eigenvalue weighted by atomic mass is 9.55. The molecule has 1 saturated heterocycles. The third-order valence-corrected chi connectivity index (χ3v) is 5.82. The lowest BCUT2D eigenvalue weighted by Crippen LogP contribution is -2.53. The van der Waals surface area contributed by atoms with E-state index in [9.17, 15) is 9.59 Å². The fourth-order valence-corrected chi connectivity index (χ4v) is 4.49. The van der Waals surface area contributed by atoms with Gasteiger partial charge in [-0.3, -0.25) is 4.79 Å². The molecule has 1 heterocycles. The van der Waals surface area contributed by atoms with E-state index in [4.69, 9.17) is 9.47 Å². The van der Waals surface area contributed by atoms with Gasteiger partial charge in [0.2, 0.25) is 0 Å². The summed E-state index contributed by atoms with van der Waals surface area (Å²) < 4.78 is 11.4. The molecule has 0 aromatic carbocycles. The van der Waals surface area contributed by atoms with Gasteiger partial charge in [-0.05, 0) is 31.4 Å². The van der Waals surface area contributed by atoms with Crippen molar-refractivity contribution in [2.24, 2.45) is 23.2 Å². The minimum Gasteiger partial charge on any atom is -0.461 e. The molecule has 1 aliphatic heterocycles. The van der Waals surface area contributed by atoms with E-state index in [1.165, 1.54) is 6.08 Å². The van der Waals surface area contributed by atoms with E-state index >= 15 is 0 Å². The normalized spacial score (nSPS) is 42.3. The molecule has 0 spiro atoms. The highest BCUT2D eigenvalue weighted by atomic mass is 16.6. The van der Waals surface area contributed by atoms with Crippen molar-refractivity contribution < 1.29 is 19.1 Å². The largest absolute Gasteiger partial charge is 0.461 e. The Labute approximate surface area is 137 Å². The zero-order chi connectivity index (χ0) is 16.8. The molecular formula is C19H24O4. The summed E-state index contributed by atoms with van der Waals surface area (Å²) in [6.07, 6.45) is 8.25. The van der Waals surface area contributed by atoms with Crippen molar-refractivity contribution in [3.05, 3.63) is 36.5 Å². The van der Waals surface area contributed by atoms with E-state index in [2.05, 4.69) is 13.5 Å². The van der Waals surface area contributed by atoms with E-state index in [-0.39, 0.29) is 47.3 Å². The number of rotatable bonds is 2. The second-order valence-electron chi connectivity index (χ2n) is 7.17. The summed E-state index contributed by atoms with van der Waals surface area (Å²) in [5, 5.41) is 0. The summed E-state index contributed by atoms with van der Waals surface area (Å²) >= 11 is 0. The maximum Gasteiger partial charge on any atom is 0.331 e. The van der Waals surface area contributed by atoms with Crippen LogP contribution >= 0.6 is 0 Å². The SMILES string of the molecule is C=C1C=C[C@H](OC(=O)C=CC)[C@]2(C)CC[C@@H]3[C@@H](OC(=O)[C@@H]3C)[C@H]12. The van der Waals surface area contributed by atoms with Crippen molar-refractivity contribution in [1.82, 2.24) is 0 Å². The van der Waals surface area contributed by atoms with Crippen molar-refractivity contribution in [3.8, 4) is 0 Å². The van der Waals surface area contributed by atoms with Crippen molar-refractivity contribution >= 4 is 11.9 Å². The molecule has 0 aromatic heterocycles. The molecule has 6 atom stereocenters. The van der Waals surface area contributed by atoms with Crippen LogP contribution in [0.25, 0.3) is 0 Å². The Morgan fingerprint density at radius 1 is 1.52 bits per heavy atom. The van der Waals surface area contributed by atoms with Crippen LogP contribution in [0, 0.1) is 23.2 Å². The standard InChI is InChI=1S/C19H24O4/c1-5-6-15(20)22-14-8-7-11(2)16-17-13(9-10-19(14,16)4)12(3)18(21)23-17/h5-8,12-14,16-17H,2,9-10H2,1,3-4H3/t12-,13+,14+,16+,17-,19+/m1/s1. The van der Waals surface area contributed by atoms with Gasteiger partial charge >= 0.3 is 11.9 Å². The Balaban J connectivity index is 1.91. The van der Waals surface area contributed by atoms with Crippen LogP contribution in [0.5, 0.6) is 0 Å². The number of hydrogen-bond acceptors (Lipinski definition) is 4. The van der Waals surface area contributed by atoms with E-state index < -0.39 is 0 Å². The monoisotopic (exact) mass is 316 g/mol. The average molecular weight is 316 g/mol. The first-order valence-electron chi connectivity index (χ1n) is 8.29. The Kier molecular flexibility index (Phi) is 3.95. The van der Waals surface area contributed by atoms with Crippen LogP contribution in [-0.2, 0) is 19.1 Å². The average Bonchev–Trinajstić information content (AvgIpc) is 2.77. The van der Waals surface area contributed by atoms with E-state index in [1.807, 2.05) is 19.1 Å². The van der Waals surface area contributed by atoms with Crippen LogP contribution in [0.4, 0.5) is 0 Å². The van der Waals surface area contributed by atoms with Crippen molar-refractivity contribution in [2.45, 2.75) is 45.8 Å². The van der Waals surface area contributed by atoms with Crippen LogP contribution in [-0.4, -0.2) is 24.1 Å². The van der Waals surface area contributed by atoms with Crippen molar-refractivity contribution in [2.75, 3.05) is 0 Å². The Morgan fingerprint density at radius 2 is 2.26 bits per heavy atom. The van der Waals surface area contributed by atoms with Crippen LogP contribution < -0.4 is 0 Å². The van der Waals surface area contributed by atoms with Gasteiger partial charge in [0.25, 0.3) is 0 Å². The third-order valence-electron chi connectivity index (χ3n) is 5.82. The molecule has 0 N–H and O–H groups in total. The van der Waals surface area contributed by atoms with Gasteiger partial charge in [-0.2, -0.15) is 0 Å². The van der Waals surface area contributed by atoms with Crippen LogP contribution in [0.3, 0.4) is 0 Å². The molecule has 2 aliphatic carbocycles. The number of carbonyl (C=O) groups is 2. The first kappa shape index (κ1) is 16.0. The van der Waals surface area contributed by atoms with Gasteiger partial charge in [-0.25, -0.2) is 4.79 Å². The van der Waals surface area contributed by atoms with Crippen molar-refractivity contribution in [3.63, 3.8) is 0 Å². The molecule has 124 valence electrons. The molecule has 3 rings (SSSR count). The molecule has 4 nitrogen and oxygen atoms in total. The zero-order valence-corrected chi connectivity index (χ0v) is 14.0. The lowest BCUT2D eigenvalue weighted by molar-refractivity contribution is -0.159. The number of hydrogen-bond donors (Lipinski definition) is 0. The van der Waals surface area contributed by atoms with Gasteiger partial charge < -0.3 is 9.47 Å². The maximum absolute atomic E-state index is 12.0. The quantitative estimate of drug-likeness (QED) is 0.580. The molecule has 0 unspecified atom stereocenters. The molecule has 23 heavy (non-hydrogen) atoms. The fraction of sp³-hybridized carbons (Fsp3) is 0.579. The molecule has 0 amide bonds. The maximum atomic E-state index is 12.0. The highest BCUT2D eigenvalue weighted by molar-refractivity contribution is 5.82. The molecule has 3 aliphatic rings. The van der Waals surface area contributed by atoms with E-state index in [0.717, 1.165) is 18.4 Å². The predicted octanol–water partition coefficient (Wildman–Crippen LogP) is 3.19. The van der Waals surface area contributed by atoms with E-state index in [1.54, 1.807) is 13.0 Å². The second kappa shape index (κ2) is 5.66. The Hall–Kier alpha value is -1.84. The smallest absolute Gasteiger partial charge is 0.331 e. The molecule has 1 saturated carbocycles. The van der Waals surface area contributed by atoms with Gasteiger partial charge in [0.05, 0.1) is 5.92 Å². The summed E-state index contributed by atoms with van der Waals surface area (Å²) in [6, 6.07) is 0. The topological polar surface area (TPSA) is 52.6 Å². The highest BCUT2D eigenvalue weighted by Gasteiger charge is 2.59. The van der Waals surface area contributed by atoms with Gasteiger partial charge in [0, 0.05) is 23.3 Å². The third kappa shape index (κ3) is 2.44. The summed E-state index contributed by atoms with van der Waals surface area (Å²) in [5.74, 6) is -0.283. The molecular weight excluding hydrogens is 292 g/mol. The summed E-state index contributed by atoms with van der Waals surface area (Å²) in [5.41, 5.74) is 0.677. The van der Waals surface area contributed by atoms with Gasteiger partial charge in [0.15, 0.2) is 0 Å². The van der Waals surface area contributed by atoms with Gasteiger partial charge in [-0.1, -0.05) is 32.6 Å². The number of carbonyl (C=O) groups excluding carboxylic acids is 2. The van der Waals surface area contributed by atoms with E-state index in [0.29, 0.717) is 0 Å². The summed E-state index contributed by atoms with van der Waals surface area (Å²) in [6.45, 7) is 10.0. The zero-order valence-electron chi connectivity index (χ0n) is 14.0. The Bertz CT molecular complexity index is 602. The van der Waals surface area contributed by atoms with Gasteiger partial charge in [-0.15, -0.1) is 0 Å². The van der Waals surface area contributed by atoms with Gasteiger partial charge in [0.1, 0.15) is 12.2 Å². The van der Waals surface area contributed by atoms with Crippen LogP contribution in [0.2, 0.25) is 0 Å².